The molecule has 0 radical (unpaired) electrons. The number of halogens is 1. The first-order valence-electron chi connectivity index (χ1n) is 7.88. The lowest BCUT2D eigenvalue weighted by Crippen LogP contribution is -2.19. The summed E-state index contributed by atoms with van der Waals surface area (Å²) in [5.41, 5.74) is 1.68. The number of rotatable bonds is 3. The predicted molar refractivity (Wildman–Crippen MR) is 106 cm³/mol. The van der Waals surface area contributed by atoms with Crippen LogP contribution in [0.4, 0.5) is 5.69 Å². The summed E-state index contributed by atoms with van der Waals surface area (Å²) in [6, 6.07) is 20.6. The highest BCUT2D eigenvalue weighted by Gasteiger charge is 2.24. The van der Waals surface area contributed by atoms with Crippen molar-refractivity contribution in [2.75, 3.05) is 0 Å². The van der Waals surface area contributed by atoms with E-state index in [0.29, 0.717) is 26.6 Å². The van der Waals surface area contributed by atoms with Gasteiger partial charge in [-0.05, 0) is 48.2 Å². The van der Waals surface area contributed by atoms with Crippen molar-refractivity contribution in [3.8, 4) is 11.3 Å². The van der Waals surface area contributed by atoms with Crippen LogP contribution >= 0.6 is 23.4 Å². The molecular weight excluding hydrogens is 368 g/mol. The number of para-hydroxylation sites is 1. The van der Waals surface area contributed by atoms with Crippen LogP contribution in [0.5, 0.6) is 0 Å². The zero-order valence-corrected chi connectivity index (χ0v) is 15.1. The number of amidine groups is 1. The van der Waals surface area contributed by atoms with Crippen LogP contribution in [0.1, 0.15) is 5.76 Å². The summed E-state index contributed by atoms with van der Waals surface area (Å²) in [5, 5.41) is 3.96. The van der Waals surface area contributed by atoms with Gasteiger partial charge in [-0.1, -0.05) is 41.9 Å². The van der Waals surface area contributed by atoms with Gasteiger partial charge < -0.3 is 9.73 Å². The standard InChI is InChI=1S/C20H13ClN2O2S/c21-14-6-4-5-13(11-14)17-10-9-16(25-17)12-18-19(24)23-20(26-18)22-15-7-2-1-3-8-15/h1-12H,(H,22,23,24). The molecule has 1 fully saturated rings. The highest BCUT2D eigenvalue weighted by Crippen LogP contribution is 2.30. The SMILES string of the molecule is O=C1NC(=Nc2ccccc2)SC1=Cc1ccc(-c2cccc(Cl)c2)o1. The second kappa shape index (κ2) is 7.23. The maximum atomic E-state index is 12.2. The Hall–Kier alpha value is -2.76. The van der Waals surface area contributed by atoms with Gasteiger partial charge in [0.2, 0.25) is 0 Å². The van der Waals surface area contributed by atoms with Crippen LogP contribution < -0.4 is 5.32 Å². The smallest absolute Gasteiger partial charge is 0.264 e. The molecule has 0 unspecified atom stereocenters. The minimum atomic E-state index is -0.189. The van der Waals surface area contributed by atoms with Gasteiger partial charge in [-0.2, -0.15) is 0 Å². The van der Waals surface area contributed by atoms with Gasteiger partial charge in [-0.25, -0.2) is 4.99 Å². The maximum Gasteiger partial charge on any atom is 0.264 e. The molecule has 0 aliphatic carbocycles. The Morgan fingerprint density at radius 1 is 1.04 bits per heavy atom. The van der Waals surface area contributed by atoms with Crippen molar-refractivity contribution in [1.29, 1.82) is 0 Å². The average molecular weight is 381 g/mol. The van der Waals surface area contributed by atoms with E-state index in [2.05, 4.69) is 10.3 Å². The molecule has 1 aliphatic heterocycles. The Balaban J connectivity index is 1.55. The Bertz CT molecular complexity index is 1030. The van der Waals surface area contributed by atoms with Crippen LogP contribution in [0.3, 0.4) is 0 Å². The molecule has 2 heterocycles. The Kier molecular flexibility index (Phi) is 4.65. The number of amides is 1. The molecule has 1 amide bonds. The second-order valence-corrected chi connectivity index (χ2v) is 7.00. The van der Waals surface area contributed by atoms with Gasteiger partial charge in [-0.15, -0.1) is 0 Å². The molecule has 3 aromatic rings. The number of hydrogen-bond acceptors (Lipinski definition) is 4. The summed E-state index contributed by atoms with van der Waals surface area (Å²) in [6.07, 6.45) is 1.71. The van der Waals surface area contributed by atoms with E-state index in [4.69, 9.17) is 16.0 Å². The largest absolute Gasteiger partial charge is 0.457 e. The topological polar surface area (TPSA) is 54.6 Å². The zero-order chi connectivity index (χ0) is 17.9. The van der Waals surface area contributed by atoms with Crippen LogP contribution in [-0.2, 0) is 4.79 Å². The number of carbonyl (C=O) groups is 1. The van der Waals surface area contributed by atoms with Crippen molar-refractivity contribution < 1.29 is 9.21 Å². The molecule has 1 saturated heterocycles. The van der Waals surface area contributed by atoms with Crippen molar-refractivity contribution in [2.24, 2.45) is 4.99 Å². The predicted octanol–water partition coefficient (Wildman–Crippen LogP) is 5.49. The lowest BCUT2D eigenvalue weighted by atomic mass is 10.2. The van der Waals surface area contributed by atoms with Crippen LogP contribution in [-0.4, -0.2) is 11.1 Å². The van der Waals surface area contributed by atoms with E-state index in [1.54, 1.807) is 6.08 Å². The lowest BCUT2D eigenvalue weighted by molar-refractivity contribution is -0.115. The van der Waals surface area contributed by atoms with Crippen molar-refractivity contribution in [3.05, 3.63) is 82.4 Å². The number of nitrogens with one attached hydrogen (secondary N) is 1. The van der Waals surface area contributed by atoms with Gasteiger partial charge in [0, 0.05) is 16.7 Å². The molecule has 1 aliphatic rings. The minimum Gasteiger partial charge on any atom is -0.457 e. The number of hydrogen-bond donors (Lipinski definition) is 1. The van der Waals surface area contributed by atoms with Gasteiger partial charge >= 0.3 is 0 Å². The number of benzene rings is 2. The first-order chi connectivity index (χ1) is 12.7. The molecule has 1 aromatic heterocycles. The fraction of sp³-hybridized carbons (Fsp3) is 0. The summed E-state index contributed by atoms with van der Waals surface area (Å²) in [6.45, 7) is 0. The monoisotopic (exact) mass is 380 g/mol. The highest BCUT2D eigenvalue weighted by atomic mass is 35.5. The van der Waals surface area contributed by atoms with Gasteiger partial charge in [-0.3, -0.25) is 4.79 Å². The summed E-state index contributed by atoms with van der Waals surface area (Å²) < 4.78 is 5.82. The van der Waals surface area contributed by atoms with E-state index in [1.165, 1.54) is 11.8 Å². The van der Waals surface area contributed by atoms with Gasteiger partial charge in [0.05, 0.1) is 10.6 Å². The Labute approximate surface area is 159 Å². The van der Waals surface area contributed by atoms with Crippen LogP contribution in [0.25, 0.3) is 17.4 Å². The summed E-state index contributed by atoms with van der Waals surface area (Å²) in [7, 11) is 0. The van der Waals surface area contributed by atoms with Crippen molar-refractivity contribution >= 4 is 46.2 Å². The Morgan fingerprint density at radius 3 is 2.69 bits per heavy atom. The molecule has 4 rings (SSSR count). The molecule has 0 bridgehead atoms. The third kappa shape index (κ3) is 3.74. The minimum absolute atomic E-state index is 0.189. The Morgan fingerprint density at radius 2 is 1.88 bits per heavy atom. The fourth-order valence-corrected chi connectivity index (χ4v) is 3.47. The van der Waals surface area contributed by atoms with E-state index >= 15 is 0 Å². The molecule has 6 heteroatoms. The molecule has 128 valence electrons. The molecular formula is C20H13ClN2O2S. The third-order valence-corrected chi connectivity index (χ3v) is 4.79. The van der Waals surface area contributed by atoms with Crippen molar-refractivity contribution in [3.63, 3.8) is 0 Å². The number of carbonyl (C=O) groups excluding carboxylic acids is 1. The quantitative estimate of drug-likeness (QED) is 0.611. The number of thioether (sulfide) groups is 1. The molecule has 26 heavy (non-hydrogen) atoms. The molecule has 1 N–H and O–H groups in total. The normalized spacial score (nSPS) is 17.0. The summed E-state index contributed by atoms with van der Waals surface area (Å²) >= 11 is 7.30. The van der Waals surface area contributed by atoms with E-state index in [1.807, 2.05) is 66.7 Å². The van der Waals surface area contributed by atoms with Crippen LogP contribution in [0, 0.1) is 0 Å². The number of furan rings is 1. The lowest BCUT2D eigenvalue weighted by Gasteiger charge is -1.97. The third-order valence-electron chi connectivity index (χ3n) is 3.65. The molecule has 0 saturated carbocycles. The first-order valence-corrected chi connectivity index (χ1v) is 9.07. The van der Waals surface area contributed by atoms with Crippen LogP contribution in [0.2, 0.25) is 5.02 Å². The van der Waals surface area contributed by atoms with E-state index in [0.717, 1.165) is 11.3 Å². The molecule has 0 atom stereocenters. The molecule has 0 spiro atoms. The van der Waals surface area contributed by atoms with Gasteiger partial charge in [0.25, 0.3) is 5.91 Å². The summed E-state index contributed by atoms with van der Waals surface area (Å²) in [4.78, 5) is 17.1. The zero-order valence-electron chi connectivity index (χ0n) is 13.5. The fourth-order valence-electron chi connectivity index (χ4n) is 2.46. The van der Waals surface area contributed by atoms with E-state index < -0.39 is 0 Å². The van der Waals surface area contributed by atoms with Gasteiger partial charge in [0.1, 0.15) is 11.5 Å². The number of aliphatic imine (C=N–C) groups is 1. The van der Waals surface area contributed by atoms with E-state index in [-0.39, 0.29) is 5.91 Å². The van der Waals surface area contributed by atoms with Crippen LogP contribution in [0.15, 0.2) is 81.0 Å². The van der Waals surface area contributed by atoms with Gasteiger partial charge in [0.15, 0.2) is 5.17 Å². The average Bonchev–Trinajstić information content (AvgIpc) is 3.23. The van der Waals surface area contributed by atoms with E-state index in [9.17, 15) is 4.79 Å². The first kappa shape index (κ1) is 16.7. The molecule has 4 nitrogen and oxygen atoms in total. The maximum absolute atomic E-state index is 12.2. The second-order valence-electron chi connectivity index (χ2n) is 5.53. The van der Waals surface area contributed by atoms with Crippen molar-refractivity contribution in [2.45, 2.75) is 0 Å². The summed E-state index contributed by atoms with van der Waals surface area (Å²) in [5.74, 6) is 1.10. The van der Waals surface area contributed by atoms with Crippen molar-refractivity contribution in [1.82, 2.24) is 5.32 Å². The highest BCUT2D eigenvalue weighted by molar-refractivity contribution is 8.18. The molecule has 2 aromatic carbocycles. The number of nitrogens with zero attached hydrogens (tertiary/aromatic N) is 1.